The van der Waals surface area contributed by atoms with Crippen LogP contribution < -0.4 is 15.8 Å². The van der Waals surface area contributed by atoms with Gasteiger partial charge in [0.2, 0.25) is 15.9 Å². The molecule has 4 N–H and O–H groups in total. The number of nitrogen functional groups attached to an aromatic ring is 1. The number of hydrogen-bond donors (Lipinski definition) is 3. The van der Waals surface area contributed by atoms with Crippen LogP contribution in [-0.2, 0) is 21.9 Å². The van der Waals surface area contributed by atoms with Crippen LogP contribution in [0.2, 0.25) is 0 Å². The van der Waals surface area contributed by atoms with Crippen molar-refractivity contribution in [1.29, 1.82) is 0 Å². The minimum atomic E-state index is -3.81. The fourth-order valence-corrected chi connectivity index (χ4v) is 3.09. The molecule has 1 atom stereocenters. The van der Waals surface area contributed by atoms with Crippen LogP contribution in [0.3, 0.4) is 0 Å². The van der Waals surface area contributed by atoms with Gasteiger partial charge in [0.1, 0.15) is 4.90 Å². The van der Waals surface area contributed by atoms with Crippen LogP contribution in [0.1, 0.15) is 12.5 Å². The van der Waals surface area contributed by atoms with Gasteiger partial charge in [0.05, 0.1) is 12.2 Å². The maximum Gasteiger partial charge on any atom is 0.244 e. The van der Waals surface area contributed by atoms with Crippen LogP contribution in [0.5, 0.6) is 0 Å². The van der Waals surface area contributed by atoms with Crippen LogP contribution in [-0.4, -0.2) is 30.1 Å². The van der Waals surface area contributed by atoms with Gasteiger partial charge in [-0.25, -0.2) is 8.42 Å². The summed E-state index contributed by atoms with van der Waals surface area (Å²) in [4.78, 5) is 12.2. The highest BCUT2D eigenvalue weighted by atomic mass is 35.5. The molecule has 10 heteroatoms. The molecule has 1 aromatic carbocycles. The number of hydrogen-bond acceptors (Lipinski definition) is 5. The highest BCUT2D eigenvalue weighted by Crippen LogP contribution is 2.18. The Balaban J connectivity index is 0.00000288. The van der Waals surface area contributed by atoms with Crippen LogP contribution in [0.25, 0.3) is 0 Å². The number of amides is 1. The first kappa shape index (κ1) is 19.9. The normalized spacial score (nSPS) is 12.3. The molecular weight excluding hydrogens is 354 g/mol. The Morgan fingerprint density at radius 3 is 2.62 bits per heavy atom. The van der Waals surface area contributed by atoms with E-state index in [1.807, 2.05) is 6.92 Å². The fraction of sp³-hybridized carbons (Fsp3) is 0.286. The van der Waals surface area contributed by atoms with Crippen LogP contribution in [0, 0.1) is 6.92 Å². The first-order chi connectivity index (χ1) is 10.7. The lowest BCUT2D eigenvalue weighted by Gasteiger charge is -2.15. The van der Waals surface area contributed by atoms with E-state index in [0.717, 1.165) is 5.56 Å². The standard InChI is InChI=1S/C14H19N5O3S.ClH/c1-9-4-5-11(15)6-13(9)17-14(20)10(2)18-23(21,22)12-7-16-19(3)8-12;/h4-8,10,18H,15H2,1-3H3,(H,17,20);1H. The summed E-state index contributed by atoms with van der Waals surface area (Å²) in [7, 11) is -2.20. The molecular formula is C14H20ClN5O3S. The quantitative estimate of drug-likeness (QED) is 0.676. The van der Waals surface area contributed by atoms with Crippen molar-refractivity contribution >= 4 is 39.7 Å². The van der Waals surface area contributed by atoms with E-state index < -0.39 is 22.0 Å². The summed E-state index contributed by atoms with van der Waals surface area (Å²) in [6.45, 7) is 3.28. The van der Waals surface area contributed by atoms with Crippen LogP contribution in [0.15, 0.2) is 35.5 Å². The van der Waals surface area contributed by atoms with E-state index >= 15 is 0 Å². The Morgan fingerprint density at radius 2 is 2.04 bits per heavy atom. The Kier molecular flexibility index (Phi) is 6.35. The van der Waals surface area contributed by atoms with Gasteiger partial charge in [-0.05, 0) is 31.5 Å². The van der Waals surface area contributed by atoms with Crippen LogP contribution >= 0.6 is 12.4 Å². The highest BCUT2D eigenvalue weighted by molar-refractivity contribution is 7.89. The summed E-state index contributed by atoms with van der Waals surface area (Å²) >= 11 is 0. The Labute approximate surface area is 146 Å². The molecule has 0 saturated carbocycles. The second kappa shape index (κ2) is 7.65. The predicted octanol–water partition coefficient (Wildman–Crippen LogP) is 1.04. The van der Waals surface area contributed by atoms with Crippen molar-refractivity contribution < 1.29 is 13.2 Å². The number of nitrogens with two attached hydrogens (primary N) is 1. The smallest absolute Gasteiger partial charge is 0.244 e. The monoisotopic (exact) mass is 373 g/mol. The molecule has 2 rings (SSSR count). The number of anilines is 2. The van der Waals surface area contributed by atoms with Crippen molar-refractivity contribution in [2.45, 2.75) is 24.8 Å². The lowest BCUT2D eigenvalue weighted by atomic mass is 10.1. The number of benzene rings is 1. The maximum atomic E-state index is 12.2. The first-order valence-corrected chi connectivity index (χ1v) is 8.35. The topological polar surface area (TPSA) is 119 Å². The van der Waals surface area contributed by atoms with Gasteiger partial charge < -0.3 is 11.1 Å². The van der Waals surface area contributed by atoms with Gasteiger partial charge >= 0.3 is 0 Å². The van der Waals surface area contributed by atoms with Gasteiger partial charge in [0.15, 0.2) is 0 Å². The minimum Gasteiger partial charge on any atom is -0.399 e. The third kappa shape index (κ3) is 4.70. The van der Waals surface area contributed by atoms with Crippen molar-refractivity contribution in [2.75, 3.05) is 11.1 Å². The van der Waals surface area contributed by atoms with E-state index in [9.17, 15) is 13.2 Å². The van der Waals surface area contributed by atoms with Crippen molar-refractivity contribution in [2.24, 2.45) is 7.05 Å². The van der Waals surface area contributed by atoms with Gasteiger partial charge in [0.25, 0.3) is 0 Å². The Hall–Kier alpha value is -2.10. The average Bonchev–Trinajstić information content (AvgIpc) is 2.90. The number of sulfonamides is 1. The zero-order chi connectivity index (χ0) is 17.2. The van der Waals surface area contributed by atoms with Crippen LogP contribution in [0.4, 0.5) is 11.4 Å². The molecule has 8 nitrogen and oxygen atoms in total. The molecule has 1 aromatic heterocycles. The first-order valence-electron chi connectivity index (χ1n) is 6.87. The summed E-state index contributed by atoms with van der Waals surface area (Å²) < 4.78 is 28.0. The third-order valence-electron chi connectivity index (χ3n) is 3.24. The number of carbonyl (C=O) groups excluding carboxylic acids is 1. The van der Waals surface area contributed by atoms with E-state index in [0.29, 0.717) is 11.4 Å². The third-order valence-corrected chi connectivity index (χ3v) is 4.73. The van der Waals surface area contributed by atoms with Crippen molar-refractivity contribution in [3.05, 3.63) is 36.2 Å². The average molecular weight is 374 g/mol. The number of halogens is 1. The van der Waals surface area contributed by atoms with Gasteiger partial charge in [-0.2, -0.15) is 9.82 Å². The molecule has 0 radical (unpaired) electrons. The lowest BCUT2D eigenvalue weighted by molar-refractivity contribution is -0.117. The molecule has 0 spiro atoms. The number of nitrogens with zero attached hydrogens (tertiary/aromatic N) is 2. The lowest BCUT2D eigenvalue weighted by Crippen LogP contribution is -2.41. The van der Waals surface area contributed by atoms with Crippen molar-refractivity contribution in [1.82, 2.24) is 14.5 Å². The number of aryl methyl sites for hydroxylation is 2. The molecule has 0 aliphatic rings. The molecule has 2 aromatic rings. The minimum absolute atomic E-state index is 0. The van der Waals surface area contributed by atoms with E-state index in [2.05, 4.69) is 15.1 Å². The van der Waals surface area contributed by atoms with E-state index in [-0.39, 0.29) is 17.3 Å². The molecule has 24 heavy (non-hydrogen) atoms. The van der Waals surface area contributed by atoms with E-state index in [4.69, 9.17) is 5.73 Å². The number of nitrogens with one attached hydrogen (secondary N) is 2. The van der Waals surface area contributed by atoms with Gasteiger partial charge in [0, 0.05) is 24.6 Å². The number of rotatable bonds is 5. The summed E-state index contributed by atoms with van der Waals surface area (Å²) in [5, 5.41) is 6.47. The van der Waals surface area contributed by atoms with Gasteiger partial charge in [-0.15, -0.1) is 12.4 Å². The SMILES string of the molecule is Cc1ccc(N)cc1NC(=O)C(C)NS(=O)(=O)c1cnn(C)c1.Cl. The van der Waals surface area contributed by atoms with Gasteiger partial charge in [-0.1, -0.05) is 6.07 Å². The number of aromatic nitrogens is 2. The molecule has 1 amide bonds. The Bertz CT molecular complexity index is 835. The van der Waals surface area contributed by atoms with E-state index in [1.165, 1.54) is 24.0 Å². The largest absolute Gasteiger partial charge is 0.399 e. The second-order valence-electron chi connectivity index (χ2n) is 5.26. The molecule has 1 unspecified atom stereocenters. The van der Waals surface area contributed by atoms with Crippen molar-refractivity contribution in [3.63, 3.8) is 0 Å². The maximum absolute atomic E-state index is 12.2. The molecule has 0 aliphatic carbocycles. The molecule has 132 valence electrons. The second-order valence-corrected chi connectivity index (χ2v) is 6.97. The molecule has 1 heterocycles. The highest BCUT2D eigenvalue weighted by Gasteiger charge is 2.23. The van der Waals surface area contributed by atoms with Gasteiger partial charge in [-0.3, -0.25) is 9.48 Å². The predicted molar refractivity (Wildman–Crippen MR) is 94.5 cm³/mol. The fourth-order valence-electron chi connectivity index (χ4n) is 1.91. The summed E-state index contributed by atoms with van der Waals surface area (Å²) in [6.07, 6.45) is 2.57. The zero-order valence-corrected chi connectivity index (χ0v) is 15.1. The summed E-state index contributed by atoms with van der Waals surface area (Å²) in [5.41, 5.74) is 7.57. The molecule has 0 bridgehead atoms. The molecule has 0 saturated heterocycles. The van der Waals surface area contributed by atoms with E-state index in [1.54, 1.807) is 25.2 Å². The zero-order valence-electron chi connectivity index (χ0n) is 13.5. The molecule has 0 fully saturated rings. The number of carbonyl (C=O) groups is 1. The summed E-state index contributed by atoms with van der Waals surface area (Å²) in [5.74, 6) is -0.480. The molecule has 0 aliphatic heterocycles. The Morgan fingerprint density at radius 1 is 1.38 bits per heavy atom. The van der Waals surface area contributed by atoms with Crippen molar-refractivity contribution in [3.8, 4) is 0 Å². The summed E-state index contributed by atoms with van der Waals surface area (Å²) in [6, 6.07) is 4.16.